The lowest BCUT2D eigenvalue weighted by molar-refractivity contribution is -0.127. The maximum Gasteiger partial charge on any atom is 0.137 e. The van der Waals surface area contributed by atoms with Gasteiger partial charge in [0.05, 0.1) is 6.61 Å². The van der Waals surface area contributed by atoms with Crippen molar-refractivity contribution >= 4 is 5.78 Å². The SMILES string of the molecule is O=C1CCN(C(OCc2ccccc2)c2ccc(F)cc2)CC1. The Labute approximate surface area is 135 Å². The number of halogens is 1. The Morgan fingerprint density at radius 1 is 1.00 bits per heavy atom. The molecule has 23 heavy (non-hydrogen) atoms. The Hall–Kier alpha value is -2.04. The fraction of sp³-hybridized carbons (Fsp3) is 0.316. The molecule has 1 fully saturated rings. The Balaban J connectivity index is 1.75. The van der Waals surface area contributed by atoms with Crippen molar-refractivity contribution in [2.24, 2.45) is 0 Å². The zero-order chi connectivity index (χ0) is 16.1. The average molecular weight is 313 g/mol. The van der Waals surface area contributed by atoms with Gasteiger partial charge < -0.3 is 4.74 Å². The molecule has 2 aromatic rings. The molecule has 1 aliphatic rings. The minimum Gasteiger partial charge on any atom is -0.354 e. The normalized spacial score (nSPS) is 17.2. The molecule has 1 saturated heterocycles. The first-order valence-corrected chi connectivity index (χ1v) is 7.89. The summed E-state index contributed by atoms with van der Waals surface area (Å²) in [6.07, 6.45) is 0.836. The van der Waals surface area contributed by atoms with Crippen molar-refractivity contribution in [3.63, 3.8) is 0 Å². The van der Waals surface area contributed by atoms with Crippen molar-refractivity contribution in [3.05, 3.63) is 71.5 Å². The third-order valence-electron chi connectivity index (χ3n) is 4.09. The zero-order valence-corrected chi connectivity index (χ0v) is 13.0. The highest BCUT2D eigenvalue weighted by atomic mass is 19.1. The van der Waals surface area contributed by atoms with Gasteiger partial charge in [-0.3, -0.25) is 9.69 Å². The van der Waals surface area contributed by atoms with E-state index >= 15 is 0 Å². The number of rotatable bonds is 5. The summed E-state index contributed by atoms with van der Waals surface area (Å²) in [4.78, 5) is 13.6. The van der Waals surface area contributed by atoms with Gasteiger partial charge in [0.2, 0.25) is 0 Å². The lowest BCUT2D eigenvalue weighted by Gasteiger charge is -2.34. The predicted molar refractivity (Wildman–Crippen MR) is 86.2 cm³/mol. The van der Waals surface area contributed by atoms with Crippen LogP contribution in [-0.2, 0) is 16.1 Å². The number of ether oxygens (including phenoxy) is 1. The van der Waals surface area contributed by atoms with Crippen molar-refractivity contribution in [2.45, 2.75) is 25.7 Å². The molecule has 120 valence electrons. The number of ketones is 1. The number of piperidine rings is 1. The van der Waals surface area contributed by atoms with E-state index < -0.39 is 0 Å². The van der Waals surface area contributed by atoms with Crippen LogP contribution in [0.1, 0.15) is 30.2 Å². The van der Waals surface area contributed by atoms with E-state index in [4.69, 9.17) is 4.74 Å². The third-order valence-corrected chi connectivity index (χ3v) is 4.09. The maximum atomic E-state index is 13.2. The Morgan fingerprint density at radius 3 is 2.30 bits per heavy atom. The standard InChI is InChI=1S/C19H20FNO2/c20-17-8-6-16(7-9-17)19(21-12-10-18(22)11-13-21)23-14-15-4-2-1-3-5-15/h1-9,19H,10-14H2. The monoisotopic (exact) mass is 313 g/mol. The quantitative estimate of drug-likeness (QED) is 0.843. The molecule has 1 atom stereocenters. The van der Waals surface area contributed by atoms with Crippen LogP contribution in [0.5, 0.6) is 0 Å². The molecule has 0 bridgehead atoms. The summed E-state index contributed by atoms with van der Waals surface area (Å²) in [5, 5.41) is 0. The molecule has 0 aromatic heterocycles. The third kappa shape index (κ3) is 4.24. The van der Waals surface area contributed by atoms with Crippen LogP contribution in [0.4, 0.5) is 4.39 Å². The minimum absolute atomic E-state index is 0.260. The van der Waals surface area contributed by atoms with Crippen LogP contribution in [0.2, 0.25) is 0 Å². The summed E-state index contributed by atoms with van der Waals surface area (Å²) < 4.78 is 19.3. The van der Waals surface area contributed by atoms with E-state index in [0.29, 0.717) is 38.3 Å². The molecule has 1 heterocycles. The number of likely N-dealkylation sites (tertiary alicyclic amines) is 1. The number of hydrogen-bond acceptors (Lipinski definition) is 3. The topological polar surface area (TPSA) is 29.5 Å². The summed E-state index contributed by atoms with van der Waals surface area (Å²) in [7, 11) is 0. The van der Waals surface area contributed by atoms with Gasteiger partial charge in [-0.15, -0.1) is 0 Å². The first kappa shape index (κ1) is 15.8. The summed E-state index contributed by atoms with van der Waals surface area (Å²) in [6.45, 7) is 1.83. The fourth-order valence-electron chi connectivity index (χ4n) is 2.80. The summed E-state index contributed by atoms with van der Waals surface area (Å²) in [5.41, 5.74) is 2.00. The molecule has 2 aromatic carbocycles. The van der Waals surface area contributed by atoms with Gasteiger partial charge in [-0.25, -0.2) is 4.39 Å². The maximum absolute atomic E-state index is 13.2. The number of Topliss-reactive ketones (excluding diaryl/α,β-unsaturated/α-hetero) is 1. The number of nitrogens with zero attached hydrogens (tertiary/aromatic N) is 1. The van der Waals surface area contributed by atoms with Crippen molar-refractivity contribution in [1.82, 2.24) is 4.90 Å². The van der Waals surface area contributed by atoms with Crippen molar-refractivity contribution < 1.29 is 13.9 Å². The lowest BCUT2D eigenvalue weighted by Crippen LogP contribution is -2.38. The van der Waals surface area contributed by atoms with E-state index in [-0.39, 0.29) is 12.0 Å². The molecule has 0 saturated carbocycles. The van der Waals surface area contributed by atoms with Gasteiger partial charge in [0, 0.05) is 25.9 Å². The molecule has 1 aliphatic heterocycles. The molecule has 3 rings (SSSR count). The molecule has 0 radical (unpaired) electrons. The average Bonchev–Trinajstić information content (AvgIpc) is 2.59. The second-order valence-corrected chi connectivity index (χ2v) is 5.78. The van der Waals surface area contributed by atoms with Gasteiger partial charge in [0.1, 0.15) is 17.8 Å². The van der Waals surface area contributed by atoms with Gasteiger partial charge >= 0.3 is 0 Å². The highest BCUT2D eigenvalue weighted by molar-refractivity contribution is 5.79. The van der Waals surface area contributed by atoms with E-state index in [1.54, 1.807) is 12.1 Å². The number of hydrogen-bond donors (Lipinski definition) is 0. The molecule has 1 unspecified atom stereocenters. The first-order chi connectivity index (χ1) is 11.2. The number of carbonyl (C=O) groups is 1. The second kappa shape index (κ2) is 7.49. The van der Waals surface area contributed by atoms with E-state index in [9.17, 15) is 9.18 Å². The van der Waals surface area contributed by atoms with Gasteiger partial charge in [0.25, 0.3) is 0 Å². The van der Waals surface area contributed by atoms with Crippen LogP contribution in [0.25, 0.3) is 0 Å². The molecule has 0 N–H and O–H groups in total. The lowest BCUT2D eigenvalue weighted by atomic mass is 10.1. The van der Waals surface area contributed by atoms with Crippen molar-refractivity contribution in [2.75, 3.05) is 13.1 Å². The van der Waals surface area contributed by atoms with Gasteiger partial charge in [-0.2, -0.15) is 0 Å². The molecule has 0 aliphatic carbocycles. The number of carbonyl (C=O) groups excluding carboxylic acids is 1. The van der Waals surface area contributed by atoms with Gasteiger partial charge in [0.15, 0.2) is 0 Å². The van der Waals surface area contributed by atoms with Crippen LogP contribution in [-0.4, -0.2) is 23.8 Å². The van der Waals surface area contributed by atoms with E-state index in [2.05, 4.69) is 4.90 Å². The van der Waals surface area contributed by atoms with Crippen molar-refractivity contribution in [1.29, 1.82) is 0 Å². The van der Waals surface area contributed by atoms with Crippen molar-refractivity contribution in [3.8, 4) is 0 Å². The van der Waals surface area contributed by atoms with Crippen LogP contribution in [0, 0.1) is 5.82 Å². The van der Waals surface area contributed by atoms with E-state index in [1.165, 1.54) is 12.1 Å². The molecular formula is C19H20FNO2. The summed E-state index contributed by atoms with van der Waals surface area (Å²) in [6, 6.07) is 16.4. The summed E-state index contributed by atoms with van der Waals surface area (Å²) >= 11 is 0. The minimum atomic E-state index is -0.260. The van der Waals surface area contributed by atoms with Crippen LogP contribution in [0.15, 0.2) is 54.6 Å². The summed E-state index contributed by atoms with van der Waals surface area (Å²) in [5.74, 6) is 0.0338. The van der Waals surface area contributed by atoms with Gasteiger partial charge in [-0.05, 0) is 23.3 Å². The van der Waals surface area contributed by atoms with Crippen LogP contribution < -0.4 is 0 Å². The molecule has 0 spiro atoms. The first-order valence-electron chi connectivity index (χ1n) is 7.89. The highest BCUT2D eigenvalue weighted by Crippen LogP contribution is 2.26. The van der Waals surface area contributed by atoms with Crippen LogP contribution >= 0.6 is 0 Å². The molecule has 4 heteroatoms. The zero-order valence-electron chi connectivity index (χ0n) is 13.0. The Bertz CT molecular complexity index is 632. The second-order valence-electron chi connectivity index (χ2n) is 5.78. The number of benzene rings is 2. The van der Waals surface area contributed by atoms with Crippen LogP contribution in [0.3, 0.4) is 0 Å². The van der Waals surface area contributed by atoms with Gasteiger partial charge in [-0.1, -0.05) is 42.5 Å². The van der Waals surface area contributed by atoms with E-state index in [0.717, 1.165) is 11.1 Å². The molecule has 0 amide bonds. The Morgan fingerprint density at radius 2 is 1.65 bits per heavy atom. The molecule has 3 nitrogen and oxygen atoms in total. The smallest absolute Gasteiger partial charge is 0.137 e. The Kier molecular flexibility index (Phi) is 5.16. The predicted octanol–water partition coefficient (Wildman–Crippen LogP) is 3.71. The highest BCUT2D eigenvalue weighted by Gasteiger charge is 2.25. The molecular weight excluding hydrogens is 293 g/mol. The van der Waals surface area contributed by atoms with E-state index in [1.807, 2.05) is 30.3 Å². The largest absolute Gasteiger partial charge is 0.354 e. The fourth-order valence-corrected chi connectivity index (χ4v) is 2.80.